The average Bonchev–Trinajstić information content (AvgIpc) is 3.13. The molecule has 0 fully saturated rings. The summed E-state index contributed by atoms with van der Waals surface area (Å²) in [6.07, 6.45) is 29.1. The Labute approximate surface area is 183 Å². The third-order valence-electron chi connectivity index (χ3n) is 6.37. The van der Waals surface area contributed by atoms with Gasteiger partial charge in [0.2, 0.25) is 0 Å². The Kier molecular flexibility index (Phi) is 16.3. The van der Waals surface area contributed by atoms with Crippen molar-refractivity contribution in [1.29, 1.82) is 0 Å². The van der Waals surface area contributed by atoms with E-state index in [9.17, 15) is 0 Å². The van der Waals surface area contributed by atoms with Gasteiger partial charge in [-0.25, -0.2) is 9.13 Å². The van der Waals surface area contributed by atoms with Gasteiger partial charge in [-0.3, -0.25) is 0 Å². The van der Waals surface area contributed by atoms with Crippen LogP contribution in [0.1, 0.15) is 149 Å². The highest BCUT2D eigenvalue weighted by Crippen LogP contribution is 2.15. The zero-order chi connectivity index (χ0) is 21.2. The van der Waals surface area contributed by atoms with Crippen LogP contribution in [0.15, 0.2) is 12.4 Å². The summed E-state index contributed by atoms with van der Waals surface area (Å²) in [5.74, 6) is 2.10. The van der Waals surface area contributed by atoms with Gasteiger partial charge in [0, 0.05) is 0 Å². The number of unbranched alkanes of at least 4 members (excludes halogenated alkanes) is 16. The first-order chi connectivity index (χ1) is 14.2. The summed E-state index contributed by atoms with van der Waals surface area (Å²) in [7, 11) is 0. The molecule has 170 valence electrons. The smallest absolute Gasteiger partial charge is 0.234 e. The Balaban J connectivity index is 1.87. The molecule has 0 unspecified atom stereocenters. The number of nitrogens with zero attached hydrogens (tertiary/aromatic N) is 2. The van der Waals surface area contributed by atoms with E-state index in [2.05, 4.69) is 49.2 Å². The van der Waals surface area contributed by atoms with E-state index in [0.29, 0.717) is 5.92 Å². The van der Waals surface area contributed by atoms with Gasteiger partial charge in [0.15, 0.2) is 0 Å². The molecule has 0 radical (unpaired) electrons. The van der Waals surface area contributed by atoms with Crippen molar-refractivity contribution < 1.29 is 4.57 Å². The van der Waals surface area contributed by atoms with Crippen molar-refractivity contribution >= 4 is 0 Å². The third kappa shape index (κ3) is 12.5. The van der Waals surface area contributed by atoms with E-state index in [1.165, 1.54) is 122 Å². The number of hydrogen-bond donors (Lipinski definition) is 0. The molecule has 0 spiro atoms. The molecule has 0 aliphatic heterocycles. The molecule has 1 rings (SSSR count). The van der Waals surface area contributed by atoms with E-state index in [0.717, 1.165) is 6.54 Å². The first kappa shape index (κ1) is 26.2. The Hall–Kier alpha value is -0.790. The molecule has 1 heterocycles. The van der Waals surface area contributed by atoms with Gasteiger partial charge in [0.1, 0.15) is 12.4 Å². The fraction of sp³-hybridized carbons (Fsp3) is 0.889. The molecule has 2 nitrogen and oxygen atoms in total. The summed E-state index contributed by atoms with van der Waals surface area (Å²) in [6, 6.07) is 0. The topological polar surface area (TPSA) is 8.81 Å². The van der Waals surface area contributed by atoms with Crippen molar-refractivity contribution in [3.8, 4) is 0 Å². The minimum Gasteiger partial charge on any atom is -0.234 e. The van der Waals surface area contributed by atoms with Gasteiger partial charge in [0.25, 0.3) is 5.82 Å². The largest absolute Gasteiger partial charge is 0.258 e. The number of imidazole rings is 1. The third-order valence-corrected chi connectivity index (χ3v) is 6.37. The average molecular weight is 406 g/mol. The van der Waals surface area contributed by atoms with Crippen LogP contribution < -0.4 is 4.57 Å². The fourth-order valence-corrected chi connectivity index (χ4v) is 4.61. The molecule has 0 bridgehead atoms. The number of hydrogen-bond acceptors (Lipinski definition) is 0. The fourth-order valence-electron chi connectivity index (χ4n) is 4.61. The van der Waals surface area contributed by atoms with Gasteiger partial charge < -0.3 is 0 Å². The molecule has 0 N–H and O–H groups in total. The maximum atomic E-state index is 2.49. The zero-order valence-electron chi connectivity index (χ0n) is 20.6. The molecule has 0 aliphatic rings. The summed E-state index contributed by atoms with van der Waals surface area (Å²) in [6.45, 7) is 11.4. The van der Waals surface area contributed by atoms with Crippen molar-refractivity contribution in [1.82, 2.24) is 4.57 Å². The molecule has 0 saturated carbocycles. The first-order valence-corrected chi connectivity index (χ1v) is 13.3. The van der Waals surface area contributed by atoms with Crippen molar-refractivity contribution in [2.24, 2.45) is 0 Å². The van der Waals surface area contributed by atoms with E-state index in [-0.39, 0.29) is 0 Å². The van der Waals surface area contributed by atoms with Gasteiger partial charge in [-0.05, 0) is 19.8 Å². The van der Waals surface area contributed by atoms with Crippen molar-refractivity contribution in [2.45, 2.75) is 156 Å². The van der Waals surface area contributed by atoms with E-state index in [1.54, 1.807) is 0 Å². The Morgan fingerprint density at radius 1 is 0.655 bits per heavy atom. The van der Waals surface area contributed by atoms with E-state index >= 15 is 0 Å². The SMILES string of the molecule is CCCCCCCCCCCCCCCCCCCn1cc[n+](CC)c1C(C)C. The van der Waals surface area contributed by atoms with Crippen LogP contribution in [0, 0.1) is 0 Å². The van der Waals surface area contributed by atoms with Crippen molar-refractivity contribution in [3.63, 3.8) is 0 Å². The summed E-state index contributed by atoms with van der Waals surface area (Å²) in [5.41, 5.74) is 0. The van der Waals surface area contributed by atoms with Crippen LogP contribution >= 0.6 is 0 Å². The summed E-state index contributed by atoms with van der Waals surface area (Å²) >= 11 is 0. The van der Waals surface area contributed by atoms with E-state index in [1.807, 2.05) is 0 Å². The molecule has 0 aromatic carbocycles. The first-order valence-electron chi connectivity index (χ1n) is 13.3. The standard InChI is InChI=1S/C27H53N2/c1-5-7-8-9-10-11-12-13-14-15-16-17-18-19-20-21-22-23-29-25-24-28(6-2)27(29)26(3)4/h24-26H,5-23H2,1-4H3/q+1. The Morgan fingerprint density at radius 2 is 1.07 bits per heavy atom. The second-order valence-electron chi connectivity index (χ2n) is 9.45. The van der Waals surface area contributed by atoms with Gasteiger partial charge in [-0.15, -0.1) is 0 Å². The second kappa shape index (κ2) is 18.0. The van der Waals surface area contributed by atoms with Crippen LogP contribution in [0.5, 0.6) is 0 Å². The van der Waals surface area contributed by atoms with Gasteiger partial charge in [-0.2, -0.15) is 0 Å². The minimum absolute atomic E-state index is 0.607. The molecule has 0 amide bonds. The predicted molar refractivity (Wildman–Crippen MR) is 129 cm³/mol. The van der Waals surface area contributed by atoms with Crippen LogP contribution in [0.2, 0.25) is 0 Å². The monoisotopic (exact) mass is 405 g/mol. The van der Waals surface area contributed by atoms with Gasteiger partial charge in [0.05, 0.1) is 19.0 Å². The quantitative estimate of drug-likeness (QED) is 0.152. The molecule has 0 saturated heterocycles. The predicted octanol–water partition coefficient (Wildman–Crippen LogP) is 8.57. The maximum Gasteiger partial charge on any atom is 0.258 e. The van der Waals surface area contributed by atoms with E-state index < -0.39 is 0 Å². The highest BCUT2D eigenvalue weighted by atomic mass is 15.1. The molecule has 29 heavy (non-hydrogen) atoms. The molecular formula is C27H53N2+. The van der Waals surface area contributed by atoms with Crippen LogP contribution in [0.25, 0.3) is 0 Å². The van der Waals surface area contributed by atoms with Crippen molar-refractivity contribution in [2.75, 3.05) is 0 Å². The van der Waals surface area contributed by atoms with E-state index in [4.69, 9.17) is 0 Å². The molecule has 0 aliphatic carbocycles. The highest BCUT2D eigenvalue weighted by Gasteiger charge is 2.18. The number of aryl methyl sites for hydroxylation is 2. The van der Waals surface area contributed by atoms with Crippen molar-refractivity contribution in [3.05, 3.63) is 18.2 Å². The molecular weight excluding hydrogens is 352 g/mol. The summed E-state index contributed by atoms with van der Waals surface area (Å²) in [4.78, 5) is 0. The normalized spacial score (nSPS) is 11.6. The molecule has 1 aromatic heterocycles. The maximum absolute atomic E-state index is 2.49. The lowest BCUT2D eigenvalue weighted by atomic mass is 10.0. The lowest BCUT2D eigenvalue weighted by molar-refractivity contribution is -0.701. The Bertz CT molecular complexity index is 475. The lowest BCUT2D eigenvalue weighted by Gasteiger charge is -2.07. The minimum atomic E-state index is 0.607. The molecule has 0 atom stereocenters. The zero-order valence-corrected chi connectivity index (χ0v) is 20.6. The lowest BCUT2D eigenvalue weighted by Crippen LogP contribution is -2.36. The molecule has 2 heteroatoms. The second-order valence-corrected chi connectivity index (χ2v) is 9.45. The van der Waals surface area contributed by atoms with Crippen LogP contribution in [-0.4, -0.2) is 4.57 Å². The number of rotatable bonds is 20. The Morgan fingerprint density at radius 3 is 1.45 bits per heavy atom. The summed E-state index contributed by atoms with van der Waals surface area (Å²) < 4.78 is 4.89. The van der Waals surface area contributed by atoms with Gasteiger partial charge >= 0.3 is 0 Å². The van der Waals surface area contributed by atoms with Gasteiger partial charge in [-0.1, -0.05) is 117 Å². The van der Waals surface area contributed by atoms with Crippen LogP contribution in [-0.2, 0) is 13.1 Å². The molecule has 1 aromatic rings. The van der Waals surface area contributed by atoms with Crippen LogP contribution in [0.3, 0.4) is 0 Å². The van der Waals surface area contributed by atoms with Crippen LogP contribution in [0.4, 0.5) is 0 Å². The highest BCUT2D eigenvalue weighted by molar-refractivity contribution is 4.89. The number of aromatic nitrogens is 2. The summed E-state index contributed by atoms with van der Waals surface area (Å²) in [5, 5.41) is 0.